The third kappa shape index (κ3) is 5.75. The van der Waals surface area contributed by atoms with E-state index < -0.39 is 0 Å². The van der Waals surface area contributed by atoms with Gasteiger partial charge in [-0.2, -0.15) is 0 Å². The highest BCUT2D eigenvalue weighted by Gasteiger charge is 2.24. The minimum Gasteiger partial charge on any atom is -0.492 e. The second kappa shape index (κ2) is 9.40. The Kier molecular flexibility index (Phi) is 7.20. The summed E-state index contributed by atoms with van der Waals surface area (Å²) < 4.78 is 5.74. The third-order valence-corrected chi connectivity index (χ3v) is 4.23. The lowest BCUT2D eigenvalue weighted by Crippen LogP contribution is -2.41. The van der Waals surface area contributed by atoms with Crippen LogP contribution in [0.25, 0.3) is 0 Å². The molecule has 1 fully saturated rings. The molecule has 2 rings (SSSR count). The van der Waals surface area contributed by atoms with Crippen molar-refractivity contribution in [2.24, 2.45) is 10.9 Å². The first-order chi connectivity index (χ1) is 11.2. The lowest BCUT2D eigenvalue weighted by atomic mass is 10.1. The smallest absolute Gasteiger partial charge is 0.193 e. The van der Waals surface area contributed by atoms with Gasteiger partial charge in [0.1, 0.15) is 12.4 Å². The molecule has 128 valence electrons. The number of nitrogens with one attached hydrogen (secondary N) is 1. The average Bonchev–Trinajstić information content (AvgIpc) is 2.97. The van der Waals surface area contributed by atoms with Gasteiger partial charge in [0.15, 0.2) is 5.96 Å². The number of hydrogen-bond donors (Lipinski definition) is 2. The molecule has 2 N–H and O–H groups in total. The predicted octanol–water partition coefficient (Wildman–Crippen LogP) is 2.12. The van der Waals surface area contributed by atoms with Crippen LogP contribution in [0, 0.1) is 5.92 Å². The Labute approximate surface area is 139 Å². The molecule has 1 aromatic carbocycles. The zero-order valence-corrected chi connectivity index (χ0v) is 14.2. The van der Waals surface area contributed by atoms with Crippen molar-refractivity contribution < 1.29 is 9.84 Å². The van der Waals surface area contributed by atoms with E-state index in [1.54, 1.807) is 0 Å². The summed E-state index contributed by atoms with van der Waals surface area (Å²) in [6.07, 6.45) is 2.91. The Hall–Kier alpha value is -1.75. The van der Waals surface area contributed by atoms with Gasteiger partial charge in [0.2, 0.25) is 0 Å². The maximum absolute atomic E-state index is 9.91. The molecule has 1 aromatic rings. The second-order valence-corrected chi connectivity index (χ2v) is 6.04. The Bertz CT molecular complexity index is 478. The van der Waals surface area contributed by atoms with Crippen LogP contribution in [-0.4, -0.2) is 55.4 Å². The highest BCUT2D eigenvalue weighted by Crippen LogP contribution is 2.25. The molecular formula is C18H29N3O2. The number of benzene rings is 1. The van der Waals surface area contributed by atoms with E-state index in [2.05, 4.69) is 22.1 Å². The summed E-state index contributed by atoms with van der Waals surface area (Å²) >= 11 is 0. The van der Waals surface area contributed by atoms with Gasteiger partial charge in [-0.05, 0) is 31.9 Å². The number of aliphatic imine (C=N–C) groups is 1. The maximum Gasteiger partial charge on any atom is 0.193 e. The van der Waals surface area contributed by atoms with Crippen LogP contribution in [0.2, 0.25) is 0 Å². The summed E-state index contributed by atoms with van der Waals surface area (Å²) in [5, 5.41) is 13.2. The normalized spacial score (nSPS) is 21.3. The van der Waals surface area contributed by atoms with Gasteiger partial charge >= 0.3 is 0 Å². The first-order valence-corrected chi connectivity index (χ1v) is 8.56. The van der Waals surface area contributed by atoms with E-state index in [1.165, 1.54) is 0 Å². The number of likely N-dealkylation sites (N-methyl/N-ethyl adjacent to an activating group) is 1. The number of aliphatic hydroxyl groups excluding tert-OH is 1. The molecule has 0 heterocycles. The Balaban J connectivity index is 1.81. The summed E-state index contributed by atoms with van der Waals surface area (Å²) in [6, 6.07) is 9.84. The zero-order valence-electron chi connectivity index (χ0n) is 14.2. The van der Waals surface area contributed by atoms with Crippen molar-refractivity contribution in [2.45, 2.75) is 32.3 Å². The fourth-order valence-corrected chi connectivity index (χ4v) is 2.83. The predicted molar refractivity (Wildman–Crippen MR) is 93.9 cm³/mol. The Morgan fingerprint density at radius 2 is 2.13 bits per heavy atom. The fraction of sp³-hybridized carbons (Fsp3) is 0.611. The molecule has 23 heavy (non-hydrogen) atoms. The molecular weight excluding hydrogens is 290 g/mol. The molecule has 0 radical (unpaired) electrons. The summed E-state index contributed by atoms with van der Waals surface area (Å²) in [7, 11) is 2.01. The van der Waals surface area contributed by atoms with Gasteiger partial charge in [0.25, 0.3) is 0 Å². The second-order valence-electron chi connectivity index (χ2n) is 6.04. The van der Waals surface area contributed by atoms with Crippen LogP contribution < -0.4 is 10.1 Å². The summed E-state index contributed by atoms with van der Waals surface area (Å²) in [5.41, 5.74) is 0. The van der Waals surface area contributed by atoms with Crippen molar-refractivity contribution in [3.8, 4) is 5.75 Å². The van der Waals surface area contributed by atoms with Crippen molar-refractivity contribution in [2.75, 3.05) is 33.3 Å². The molecule has 0 saturated heterocycles. The number of nitrogens with zero attached hydrogens (tertiary/aromatic N) is 2. The Morgan fingerprint density at radius 3 is 2.78 bits per heavy atom. The number of guanidine groups is 1. The molecule has 0 spiro atoms. The number of hydrogen-bond acceptors (Lipinski definition) is 3. The highest BCUT2D eigenvalue weighted by molar-refractivity contribution is 5.79. The van der Waals surface area contributed by atoms with E-state index in [0.717, 1.165) is 44.1 Å². The summed E-state index contributed by atoms with van der Waals surface area (Å²) in [5.74, 6) is 2.07. The van der Waals surface area contributed by atoms with Crippen molar-refractivity contribution >= 4 is 5.96 Å². The molecule has 5 nitrogen and oxygen atoms in total. The van der Waals surface area contributed by atoms with Crippen LogP contribution in [0.1, 0.15) is 26.2 Å². The molecule has 0 amide bonds. The van der Waals surface area contributed by atoms with Crippen molar-refractivity contribution in [3.05, 3.63) is 30.3 Å². The standard InChI is InChI=1S/C18H29N3O2/c1-3-19-18(20-14-15-8-7-11-17(15)22)21(2)12-13-23-16-9-5-4-6-10-16/h4-6,9-10,15,17,22H,3,7-8,11-14H2,1-2H3,(H,19,20). The van der Waals surface area contributed by atoms with E-state index in [4.69, 9.17) is 4.74 Å². The number of ether oxygens (including phenoxy) is 1. The molecule has 1 aliphatic carbocycles. The van der Waals surface area contributed by atoms with Crippen LogP contribution in [-0.2, 0) is 0 Å². The quantitative estimate of drug-likeness (QED) is 0.597. The third-order valence-electron chi connectivity index (χ3n) is 4.23. The van der Waals surface area contributed by atoms with E-state index in [-0.39, 0.29) is 6.10 Å². The highest BCUT2D eigenvalue weighted by atomic mass is 16.5. The van der Waals surface area contributed by atoms with Gasteiger partial charge in [0.05, 0.1) is 12.6 Å². The minimum absolute atomic E-state index is 0.187. The van der Waals surface area contributed by atoms with E-state index in [1.807, 2.05) is 37.4 Å². The molecule has 2 unspecified atom stereocenters. The number of aliphatic hydroxyl groups is 1. The lowest BCUT2D eigenvalue weighted by molar-refractivity contribution is 0.136. The molecule has 0 bridgehead atoms. The molecule has 5 heteroatoms. The summed E-state index contributed by atoms with van der Waals surface area (Å²) in [6.45, 7) is 4.95. The van der Waals surface area contributed by atoms with Crippen LogP contribution in [0.5, 0.6) is 5.75 Å². The molecule has 1 aliphatic rings. The van der Waals surface area contributed by atoms with E-state index >= 15 is 0 Å². The van der Waals surface area contributed by atoms with Crippen LogP contribution >= 0.6 is 0 Å². The van der Waals surface area contributed by atoms with Crippen molar-refractivity contribution in [1.29, 1.82) is 0 Å². The molecule has 2 atom stereocenters. The lowest BCUT2D eigenvalue weighted by Gasteiger charge is -2.23. The van der Waals surface area contributed by atoms with Gasteiger partial charge in [-0.3, -0.25) is 4.99 Å². The van der Waals surface area contributed by atoms with Crippen molar-refractivity contribution in [1.82, 2.24) is 10.2 Å². The first-order valence-electron chi connectivity index (χ1n) is 8.56. The van der Waals surface area contributed by atoms with Gasteiger partial charge in [-0.25, -0.2) is 0 Å². The monoisotopic (exact) mass is 319 g/mol. The van der Waals surface area contributed by atoms with Gasteiger partial charge in [-0.15, -0.1) is 0 Å². The number of rotatable bonds is 7. The maximum atomic E-state index is 9.91. The fourth-order valence-electron chi connectivity index (χ4n) is 2.83. The van der Waals surface area contributed by atoms with E-state index in [0.29, 0.717) is 19.1 Å². The first kappa shape index (κ1) is 17.6. The van der Waals surface area contributed by atoms with Crippen LogP contribution in [0.3, 0.4) is 0 Å². The minimum atomic E-state index is -0.187. The average molecular weight is 319 g/mol. The van der Waals surface area contributed by atoms with Gasteiger partial charge in [-0.1, -0.05) is 24.6 Å². The van der Waals surface area contributed by atoms with E-state index in [9.17, 15) is 5.11 Å². The van der Waals surface area contributed by atoms with Crippen molar-refractivity contribution in [3.63, 3.8) is 0 Å². The molecule has 1 saturated carbocycles. The Morgan fingerprint density at radius 1 is 1.35 bits per heavy atom. The summed E-state index contributed by atoms with van der Waals surface area (Å²) in [4.78, 5) is 6.76. The molecule has 0 aromatic heterocycles. The zero-order chi connectivity index (χ0) is 16.5. The largest absolute Gasteiger partial charge is 0.492 e. The SMILES string of the molecule is CCNC(=NCC1CCCC1O)N(C)CCOc1ccccc1. The molecule has 0 aliphatic heterocycles. The van der Waals surface area contributed by atoms with Crippen LogP contribution in [0.15, 0.2) is 35.3 Å². The topological polar surface area (TPSA) is 57.1 Å². The number of para-hydroxylation sites is 1. The van der Waals surface area contributed by atoms with Gasteiger partial charge in [0, 0.05) is 26.1 Å². The van der Waals surface area contributed by atoms with Gasteiger partial charge < -0.3 is 20.1 Å². The van der Waals surface area contributed by atoms with Crippen LogP contribution in [0.4, 0.5) is 0 Å².